The van der Waals surface area contributed by atoms with Gasteiger partial charge in [0.1, 0.15) is 21.5 Å². The van der Waals surface area contributed by atoms with Gasteiger partial charge in [-0.3, -0.25) is 4.79 Å². The lowest BCUT2D eigenvalue weighted by molar-refractivity contribution is 0.0379. The van der Waals surface area contributed by atoms with Crippen LogP contribution in [-0.4, -0.2) is 34.1 Å². The molecule has 0 fully saturated rings. The van der Waals surface area contributed by atoms with Crippen LogP contribution in [0.1, 0.15) is 59.1 Å². The van der Waals surface area contributed by atoms with Gasteiger partial charge in [0.25, 0.3) is 0 Å². The molecule has 2 aliphatic heterocycles. The second-order valence-corrected chi connectivity index (χ2v) is 16.0. The van der Waals surface area contributed by atoms with Gasteiger partial charge in [0, 0.05) is 54.1 Å². The maximum absolute atomic E-state index is 12.9. The fraction of sp³-hybridized carbons (Fsp3) is 0.225. The van der Waals surface area contributed by atoms with E-state index in [1.807, 2.05) is 72.8 Å². The number of rotatable bonds is 6. The van der Waals surface area contributed by atoms with Crippen molar-refractivity contribution >= 4 is 60.3 Å². The van der Waals surface area contributed by atoms with E-state index in [1.54, 1.807) is 22.7 Å². The SMILES string of the molecule is CC(c1csc(-c2ccccc2)n1)C1COc2cc(Br)ccc2C1=O.CC(c1csc(-c2ccccc2)n1)C1COc2cc(Br)ccc2C1O. The Morgan fingerprint density at radius 3 is 1.88 bits per heavy atom. The Morgan fingerprint density at radius 1 is 0.720 bits per heavy atom. The Morgan fingerprint density at radius 2 is 1.26 bits per heavy atom. The Bertz CT molecular complexity index is 2100. The van der Waals surface area contributed by atoms with E-state index in [4.69, 9.17) is 19.4 Å². The topological polar surface area (TPSA) is 81.5 Å². The van der Waals surface area contributed by atoms with Gasteiger partial charge in [-0.1, -0.05) is 112 Å². The number of ether oxygens (including phenoxy) is 2. The van der Waals surface area contributed by atoms with Crippen molar-refractivity contribution in [3.63, 3.8) is 0 Å². The molecule has 50 heavy (non-hydrogen) atoms. The molecular formula is C40H34Br2N2O4S2. The average Bonchev–Trinajstić information content (AvgIpc) is 3.84. The number of aliphatic hydroxyl groups is 1. The number of hydrogen-bond donors (Lipinski definition) is 1. The molecule has 0 amide bonds. The molecule has 8 rings (SSSR count). The molecule has 0 spiro atoms. The van der Waals surface area contributed by atoms with E-state index < -0.39 is 6.10 Å². The summed E-state index contributed by atoms with van der Waals surface area (Å²) in [4.78, 5) is 22.5. The fourth-order valence-corrected chi connectivity index (χ4v) is 8.83. The third-order valence-electron chi connectivity index (χ3n) is 9.36. The standard InChI is InChI=1S/C20H18BrNO2S.C20H16BrNO2S/c2*1-12(17-11-25-20(22-17)13-5-3-2-4-6-13)16-10-24-18-9-14(21)7-8-15(18)19(16)23/h2-9,11-12,16,19,23H,10H2,1H3;2-9,11-12,16H,10H2,1H3. The highest BCUT2D eigenvalue weighted by Crippen LogP contribution is 2.43. The first-order valence-corrected chi connectivity index (χ1v) is 19.7. The quantitative estimate of drug-likeness (QED) is 0.180. The minimum absolute atomic E-state index is 0.0120. The van der Waals surface area contributed by atoms with Gasteiger partial charge >= 0.3 is 0 Å². The van der Waals surface area contributed by atoms with Gasteiger partial charge in [-0.15, -0.1) is 22.7 Å². The van der Waals surface area contributed by atoms with Gasteiger partial charge in [0.2, 0.25) is 0 Å². The van der Waals surface area contributed by atoms with Crippen LogP contribution in [0.5, 0.6) is 11.5 Å². The van der Waals surface area contributed by atoms with Gasteiger partial charge in [0.15, 0.2) is 5.78 Å². The van der Waals surface area contributed by atoms with Gasteiger partial charge < -0.3 is 14.6 Å². The molecule has 5 unspecified atom stereocenters. The van der Waals surface area contributed by atoms with Crippen molar-refractivity contribution < 1.29 is 19.4 Å². The molecule has 4 aromatic carbocycles. The predicted molar refractivity (Wildman–Crippen MR) is 207 cm³/mol. The van der Waals surface area contributed by atoms with Gasteiger partial charge in [-0.2, -0.15) is 0 Å². The molecule has 0 saturated carbocycles. The summed E-state index contributed by atoms with van der Waals surface area (Å²) in [5.41, 5.74) is 5.70. The van der Waals surface area contributed by atoms with Crippen molar-refractivity contribution in [2.45, 2.75) is 31.8 Å². The summed E-state index contributed by atoms with van der Waals surface area (Å²) in [5, 5.41) is 17.0. The molecule has 2 aromatic heterocycles. The van der Waals surface area contributed by atoms with Crippen molar-refractivity contribution in [1.29, 1.82) is 0 Å². The van der Waals surface area contributed by atoms with Crippen LogP contribution in [0, 0.1) is 11.8 Å². The van der Waals surface area contributed by atoms with Crippen molar-refractivity contribution in [2.75, 3.05) is 13.2 Å². The van der Waals surface area contributed by atoms with Crippen LogP contribution in [-0.2, 0) is 0 Å². The zero-order valence-corrected chi connectivity index (χ0v) is 32.1. The normalized spacial score (nSPS) is 19.1. The molecule has 6 nitrogen and oxygen atoms in total. The zero-order chi connectivity index (χ0) is 34.8. The van der Waals surface area contributed by atoms with E-state index in [1.165, 1.54) is 0 Å². The van der Waals surface area contributed by atoms with Crippen LogP contribution in [0.2, 0.25) is 0 Å². The number of Topliss-reactive ketones (excluding diaryl/α,β-unsaturated/α-hetero) is 1. The molecule has 4 heterocycles. The largest absolute Gasteiger partial charge is 0.493 e. The molecule has 254 valence electrons. The van der Waals surface area contributed by atoms with Crippen LogP contribution in [0.25, 0.3) is 21.1 Å². The van der Waals surface area contributed by atoms with Crippen LogP contribution >= 0.6 is 54.5 Å². The maximum atomic E-state index is 12.9. The number of carbonyl (C=O) groups excluding carboxylic acids is 1. The molecule has 6 aromatic rings. The first kappa shape index (κ1) is 34.8. The van der Waals surface area contributed by atoms with E-state index in [0.717, 1.165) is 52.8 Å². The molecule has 0 bridgehead atoms. The highest BCUT2D eigenvalue weighted by molar-refractivity contribution is 9.10. The number of benzene rings is 4. The van der Waals surface area contributed by atoms with Gasteiger partial charge in [-0.05, 0) is 30.3 Å². The smallest absolute Gasteiger partial charge is 0.173 e. The van der Waals surface area contributed by atoms with E-state index in [-0.39, 0.29) is 29.5 Å². The lowest BCUT2D eigenvalue weighted by Crippen LogP contribution is -2.31. The van der Waals surface area contributed by atoms with Crippen LogP contribution in [0.15, 0.2) is 117 Å². The van der Waals surface area contributed by atoms with Gasteiger partial charge in [0.05, 0.1) is 42.2 Å². The highest BCUT2D eigenvalue weighted by atomic mass is 79.9. The Balaban J connectivity index is 0.000000157. The Labute approximate surface area is 316 Å². The lowest BCUT2D eigenvalue weighted by atomic mass is 9.83. The number of ketones is 1. The number of aromatic nitrogens is 2. The molecule has 0 aliphatic carbocycles. The summed E-state index contributed by atoms with van der Waals surface area (Å²) in [6.07, 6.45) is -0.547. The summed E-state index contributed by atoms with van der Waals surface area (Å²) in [6.45, 7) is 5.05. The summed E-state index contributed by atoms with van der Waals surface area (Å²) >= 11 is 10.1. The maximum Gasteiger partial charge on any atom is 0.173 e. The molecule has 1 N–H and O–H groups in total. The summed E-state index contributed by atoms with van der Waals surface area (Å²) < 4.78 is 13.6. The number of nitrogens with zero attached hydrogens (tertiary/aromatic N) is 2. The van der Waals surface area contributed by atoms with Crippen LogP contribution < -0.4 is 9.47 Å². The second kappa shape index (κ2) is 15.3. The summed E-state index contributed by atoms with van der Waals surface area (Å²) in [5.74, 6) is 1.45. The zero-order valence-electron chi connectivity index (χ0n) is 27.3. The number of thiazole rings is 2. The predicted octanol–water partition coefficient (Wildman–Crippen LogP) is 11.0. The third kappa shape index (κ3) is 7.36. The molecule has 5 atom stereocenters. The number of hydrogen-bond acceptors (Lipinski definition) is 8. The van der Waals surface area contributed by atoms with E-state index in [9.17, 15) is 9.90 Å². The second-order valence-electron chi connectivity index (χ2n) is 12.5. The third-order valence-corrected chi connectivity index (χ3v) is 12.2. The van der Waals surface area contributed by atoms with Crippen LogP contribution in [0.3, 0.4) is 0 Å². The van der Waals surface area contributed by atoms with Crippen molar-refractivity contribution in [3.8, 4) is 32.6 Å². The fourth-order valence-electron chi connectivity index (χ4n) is 6.29. The van der Waals surface area contributed by atoms with E-state index >= 15 is 0 Å². The van der Waals surface area contributed by atoms with E-state index in [2.05, 4.69) is 80.7 Å². The monoisotopic (exact) mass is 828 g/mol. The van der Waals surface area contributed by atoms with Crippen LogP contribution in [0.4, 0.5) is 0 Å². The Kier molecular flexibility index (Phi) is 10.6. The minimum atomic E-state index is -0.547. The molecule has 0 radical (unpaired) electrons. The van der Waals surface area contributed by atoms with Crippen molar-refractivity contribution in [2.24, 2.45) is 11.8 Å². The first-order chi connectivity index (χ1) is 24.3. The Hall–Kier alpha value is -3.67. The lowest BCUT2D eigenvalue weighted by Gasteiger charge is -2.33. The molecule has 0 saturated heterocycles. The minimum Gasteiger partial charge on any atom is -0.493 e. The highest BCUT2D eigenvalue weighted by Gasteiger charge is 2.36. The van der Waals surface area contributed by atoms with E-state index in [0.29, 0.717) is 24.5 Å². The summed E-state index contributed by atoms with van der Waals surface area (Å²) in [7, 11) is 0. The molecular weight excluding hydrogens is 796 g/mol. The first-order valence-electron chi connectivity index (χ1n) is 16.4. The number of aliphatic hydroxyl groups excluding tert-OH is 1. The number of carbonyl (C=O) groups is 1. The van der Waals surface area contributed by atoms with Crippen molar-refractivity contribution in [3.05, 3.63) is 139 Å². The number of fused-ring (bicyclic) bond motifs is 2. The van der Waals surface area contributed by atoms with Gasteiger partial charge in [-0.25, -0.2) is 9.97 Å². The summed E-state index contributed by atoms with van der Waals surface area (Å²) in [6, 6.07) is 31.6. The molecule has 2 aliphatic rings. The number of halogens is 2. The average molecular weight is 831 g/mol. The van der Waals surface area contributed by atoms with Crippen molar-refractivity contribution in [1.82, 2.24) is 9.97 Å². The molecule has 10 heteroatoms.